The van der Waals surface area contributed by atoms with Gasteiger partial charge < -0.3 is 18.6 Å². The van der Waals surface area contributed by atoms with E-state index in [1.807, 2.05) is 0 Å². The Hall–Kier alpha value is 0.0169. The molecule has 6 heteroatoms. The van der Waals surface area contributed by atoms with Crippen molar-refractivity contribution in [2.45, 2.75) is 52.6 Å². The molecule has 20 heavy (non-hydrogen) atoms. The van der Waals surface area contributed by atoms with Crippen LogP contribution in [0.25, 0.3) is 0 Å². The highest BCUT2D eigenvalue weighted by Crippen LogP contribution is 2.18. The Kier molecular flexibility index (Phi) is 7.87. The fourth-order valence-electron chi connectivity index (χ4n) is 1.89. The summed E-state index contributed by atoms with van der Waals surface area (Å²) in [5.41, 5.74) is 0.162. The average Bonchev–Trinajstić information content (AvgIpc) is 2.31. The summed E-state index contributed by atoms with van der Waals surface area (Å²) >= 11 is 0. The highest BCUT2D eigenvalue weighted by Gasteiger charge is 2.42. The maximum absolute atomic E-state index is 5.54. The Morgan fingerprint density at radius 1 is 0.900 bits per heavy atom. The Bertz CT molecular complexity index is 262. The smallest absolute Gasteiger partial charge is 0.376 e. The van der Waals surface area contributed by atoms with Gasteiger partial charge in [-0.25, -0.2) is 0 Å². The van der Waals surface area contributed by atoms with Crippen LogP contribution in [0.4, 0.5) is 0 Å². The van der Waals surface area contributed by atoms with Crippen molar-refractivity contribution in [1.29, 1.82) is 0 Å². The average molecular weight is 307 g/mol. The molecule has 0 aliphatic heterocycles. The number of rotatable bonds is 8. The van der Waals surface area contributed by atoms with Crippen LogP contribution >= 0.6 is 0 Å². The van der Waals surface area contributed by atoms with Gasteiger partial charge in [0.25, 0.3) is 0 Å². The minimum absolute atomic E-state index is 0.0351. The molecule has 0 spiro atoms. The summed E-state index contributed by atoms with van der Waals surface area (Å²) in [6, 6.07) is 0. The van der Waals surface area contributed by atoms with Crippen molar-refractivity contribution >= 4 is 8.80 Å². The van der Waals surface area contributed by atoms with Crippen LogP contribution in [0.15, 0.2) is 0 Å². The topological polar surface area (TPSA) is 43.0 Å². The molecule has 0 saturated heterocycles. The first-order chi connectivity index (χ1) is 8.99. The third-order valence-electron chi connectivity index (χ3n) is 3.30. The van der Waals surface area contributed by atoms with Crippen LogP contribution in [0.2, 0.25) is 0 Å². The van der Waals surface area contributed by atoms with Gasteiger partial charge in [0.05, 0.1) is 6.17 Å². The second-order valence-electron chi connectivity index (χ2n) is 7.06. The van der Waals surface area contributed by atoms with Gasteiger partial charge in [0.2, 0.25) is 0 Å². The zero-order valence-electron chi connectivity index (χ0n) is 14.8. The zero-order valence-corrected chi connectivity index (χ0v) is 15.8. The standard InChI is InChI=1S/C14H34N2O3Si/c1-13(2,3)15-10-11-16(14(4,5)6)12-20(17-7,18-8)19-9/h15H,10-12H2,1-9H3. The Morgan fingerprint density at radius 3 is 1.65 bits per heavy atom. The Labute approximate surface area is 126 Å². The van der Waals surface area contributed by atoms with Gasteiger partial charge in [-0.2, -0.15) is 0 Å². The van der Waals surface area contributed by atoms with E-state index in [1.165, 1.54) is 0 Å². The molecule has 0 aromatic carbocycles. The minimum atomic E-state index is -2.59. The van der Waals surface area contributed by atoms with Gasteiger partial charge in [0, 0.05) is 45.5 Å². The minimum Gasteiger partial charge on any atom is -0.376 e. The predicted octanol–water partition coefficient (Wildman–Crippen LogP) is 1.89. The predicted molar refractivity (Wildman–Crippen MR) is 85.9 cm³/mol. The maximum atomic E-state index is 5.54. The lowest BCUT2D eigenvalue weighted by molar-refractivity contribution is 0.0745. The molecule has 0 heterocycles. The second kappa shape index (κ2) is 7.86. The van der Waals surface area contributed by atoms with Gasteiger partial charge in [0.1, 0.15) is 0 Å². The number of nitrogens with one attached hydrogen (secondary N) is 1. The van der Waals surface area contributed by atoms with Crippen LogP contribution in [0, 0.1) is 0 Å². The van der Waals surface area contributed by atoms with Gasteiger partial charge in [0.15, 0.2) is 0 Å². The van der Waals surface area contributed by atoms with E-state index in [9.17, 15) is 0 Å². The summed E-state index contributed by atoms with van der Waals surface area (Å²) in [6.07, 6.45) is 0.686. The molecule has 0 radical (unpaired) electrons. The van der Waals surface area contributed by atoms with Crippen molar-refractivity contribution in [2.75, 3.05) is 40.6 Å². The highest BCUT2D eigenvalue weighted by atomic mass is 28.4. The second-order valence-corrected chi connectivity index (χ2v) is 9.97. The molecule has 0 aliphatic carbocycles. The SMILES string of the molecule is CO[Si](CN(CCNC(C)(C)C)C(C)(C)C)(OC)OC. The van der Waals surface area contributed by atoms with E-state index in [-0.39, 0.29) is 11.1 Å². The van der Waals surface area contributed by atoms with Gasteiger partial charge in [-0.15, -0.1) is 0 Å². The third-order valence-corrected chi connectivity index (χ3v) is 5.94. The van der Waals surface area contributed by atoms with E-state index in [0.717, 1.165) is 13.1 Å². The Balaban J connectivity index is 4.74. The molecule has 0 fully saturated rings. The van der Waals surface area contributed by atoms with Crippen molar-refractivity contribution in [3.63, 3.8) is 0 Å². The monoisotopic (exact) mass is 306 g/mol. The van der Waals surface area contributed by atoms with Gasteiger partial charge in [-0.1, -0.05) is 0 Å². The van der Waals surface area contributed by atoms with E-state index in [1.54, 1.807) is 21.3 Å². The van der Waals surface area contributed by atoms with Crippen molar-refractivity contribution in [2.24, 2.45) is 0 Å². The fourth-order valence-corrected chi connectivity index (χ4v) is 3.88. The maximum Gasteiger partial charge on any atom is 0.514 e. The first-order valence-corrected chi connectivity index (χ1v) is 9.08. The van der Waals surface area contributed by atoms with Crippen LogP contribution in [-0.4, -0.2) is 65.4 Å². The van der Waals surface area contributed by atoms with E-state index < -0.39 is 8.80 Å². The summed E-state index contributed by atoms with van der Waals surface area (Å²) < 4.78 is 16.6. The van der Waals surface area contributed by atoms with Crippen molar-refractivity contribution < 1.29 is 13.3 Å². The molecule has 0 bridgehead atoms. The highest BCUT2D eigenvalue weighted by molar-refractivity contribution is 6.60. The van der Waals surface area contributed by atoms with E-state index in [4.69, 9.17) is 13.3 Å². The quantitative estimate of drug-likeness (QED) is 0.694. The van der Waals surface area contributed by atoms with Crippen LogP contribution in [0.3, 0.4) is 0 Å². The van der Waals surface area contributed by atoms with E-state index in [0.29, 0.717) is 6.17 Å². The molecule has 0 amide bonds. The lowest BCUT2D eigenvalue weighted by Gasteiger charge is -2.40. The van der Waals surface area contributed by atoms with Crippen LogP contribution < -0.4 is 5.32 Å². The summed E-state index contributed by atoms with van der Waals surface area (Å²) in [5, 5.41) is 3.52. The fraction of sp³-hybridized carbons (Fsp3) is 1.00. The van der Waals surface area contributed by atoms with Crippen LogP contribution in [0.5, 0.6) is 0 Å². The van der Waals surface area contributed by atoms with E-state index in [2.05, 4.69) is 51.8 Å². The molecule has 0 saturated carbocycles. The normalized spacial score (nSPS) is 14.1. The largest absolute Gasteiger partial charge is 0.514 e. The third kappa shape index (κ3) is 7.15. The van der Waals surface area contributed by atoms with E-state index >= 15 is 0 Å². The zero-order chi connectivity index (χ0) is 16.0. The molecule has 0 aromatic rings. The summed E-state index contributed by atoms with van der Waals surface area (Å²) in [7, 11) is 2.39. The molecular weight excluding hydrogens is 272 g/mol. The summed E-state index contributed by atoms with van der Waals surface area (Å²) in [4.78, 5) is 2.36. The van der Waals surface area contributed by atoms with Gasteiger partial charge in [-0.05, 0) is 41.5 Å². The summed E-state index contributed by atoms with van der Waals surface area (Å²) in [5.74, 6) is 0. The van der Waals surface area contributed by atoms with Gasteiger partial charge >= 0.3 is 8.80 Å². The molecule has 0 unspecified atom stereocenters. The van der Waals surface area contributed by atoms with Crippen LogP contribution in [-0.2, 0) is 13.3 Å². The van der Waals surface area contributed by atoms with Crippen LogP contribution in [0.1, 0.15) is 41.5 Å². The van der Waals surface area contributed by atoms with Crippen molar-refractivity contribution in [1.82, 2.24) is 10.2 Å². The molecule has 5 nitrogen and oxygen atoms in total. The van der Waals surface area contributed by atoms with Crippen molar-refractivity contribution in [3.05, 3.63) is 0 Å². The first kappa shape index (κ1) is 20.0. The number of hydrogen-bond donors (Lipinski definition) is 1. The number of nitrogens with zero attached hydrogens (tertiary/aromatic N) is 1. The molecule has 0 aromatic heterocycles. The lowest BCUT2D eigenvalue weighted by atomic mass is 10.1. The number of hydrogen-bond acceptors (Lipinski definition) is 5. The molecule has 0 aliphatic rings. The first-order valence-electron chi connectivity index (χ1n) is 7.15. The molecule has 122 valence electrons. The van der Waals surface area contributed by atoms with Crippen molar-refractivity contribution in [3.8, 4) is 0 Å². The molecule has 0 atom stereocenters. The molecule has 0 rings (SSSR count). The lowest BCUT2D eigenvalue weighted by Crippen LogP contribution is -2.59. The summed E-state index contributed by atoms with van der Waals surface area (Å²) in [6.45, 7) is 15.0. The van der Waals surface area contributed by atoms with Gasteiger partial charge in [-0.3, -0.25) is 4.90 Å². The molecule has 1 N–H and O–H groups in total. The molecular formula is C14H34N2O3Si. The Morgan fingerprint density at radius 2 is 1.35 bits per heavy atom.